The first kappa shape index (κ1) is 21.4. The van der Waals surface area contributed by atoms with Crippen molar-refractivity contribution < 1.29 is 19.7 Å². The third-order valence-corrected chi connectivity index (χ3v) is 3.65. The molecule has 0 aromatic carbocycles. The molecule has 5 nitrogen and oxygen atoms in total. The highest BCUT2D eigenvalue weighted by molar-refractivity contribution is 5.69. The third-order valence-electron chi connectivity index (χ3n) is 3.65. The summed E-state index contributed by atoms with van der Waals surface area (Å²) >= 11 is 0. The molecule has 132 valence electrons. The van der Waals surface area contributed by atoms with E-state index >= 15 is 0 Å². The first-order valence-corrected chi connectivity index (χ1v) is 8.66. The largest absolute Gasteiger partial charge is 0.462 e. The molecule has 0 rings (SSSR count). The van der Waals surface area contributed by atoms with E-state index in [1.54, 1.807) is 0 Å². The molecule has 22 heavy (non-hydrogen) atoms. The van der Waals surface area contributed by atoms with Crippen molar-refractivity contribution in [3.63, 3.8) is 0 Å². The van der Waals surface area contributed by atoms with Crippen LogP contribution in [-0.2, 0) is 9.53 Å². The summed E-state index contributed by atoms with van der Waals surface area (Å²) in [5.41, 5.74) is 0. The molecule has 0 saturated carbocycles. The van der Waals surface area contributed by atoms with Crippen LogP contribution in [-0.4, -0.2) is 61.0 Å². The summed E-state index contributed by atoms with van der Waals surface area (Å²) in [6.07, 6.45) is 8.58. The lowest BCUT2D eigenvalue weighted by Crippen LogP contribution is -2.20. The van der Waals surface area contributed by atoms with Crippen molar-refractivity contribution >= 4 is 5.97 Å². The van der Waals surface area contributed by atoms with Gasteiger partial charge in [-0.15, -0.1) is 0 Å². The second-order valence-electron chi connectivity index (χ2n) is 6.16. The number of unbranched alkanes of at least 4 members (excludes halogenated alkanes) is 4. The summed E-state index contributed by atoms with van der Waals surface area (Å²) in [6, 6.07) is 0. The minimum atomic E-state index is -0.101. The quantitative estimate of drug-likeness (QED) is 0.358. The zero-order valence-electron chi connectivity index (χ0n) is 14.4. The van der Waals surface area contributed by atoms with Crippen molar-refractivity contribution in [3.05, 3.63) is 0 Å². The van der Waals surface area contributed by atoms with Gasteiger partial charge in [0.2, 0.25) is 0 Å². The smallest absolute Gasteiger partial charge is 0.306 e. The number of hydrogen-bond donors (Lipinski definition) is 2. The number of aliphatic hydroxyl groups excluding tert-OH is 2. The molecule has 0 amide bonds. The standard InChI is InChI=1S/C17H35NO4/c1-18(2)13-9-12-17(21)22-16(10-5-3-7-14-19)11-6-4-8-15-20/h16,19-20H,3-15H2,1-2H3. The second-order valence-corrected chi connectivity index (χ2v) is 6.16. The normalized spacial score (nSPS) is 11.4. The zero-order chi connectivity index (χ0) is 16.6. The Morgan fingerprint density at radius 1 is 0.909 bits per heavy atom. The molecule has 0 aliphatic heterocycles. The van der Waals surface area contributed by atoms with Crippen LogP contribution >= 0.6 is 0 Å². The van der Waals surface area contributed by atoms with E-state index in [1.807, 2.05) is 14.1 Å². The summed E-state index contributed by atoms with van der Waals surface area (Å²) in [5.74, 6) is -0.101. The minimum absolute atomic E-state index is 0.00996. The molecule has 0 spiro atoms. The van der Waals surface area contributed by atoms with Gasteiger partial charge in [0.25, 0.3) is 0 Å². The highest BCUT2D eigenvalue weighted by Gasteiger charge is 2.14. The van der Waals surface area contributed by atoms with Crippen molar-refractivity contribution in [2.24, 2.45) is 0 Å². The fourth-order valence-electron chi connectivity index (χ4n) is 2.37. The maximum absolute atomic E-state index is 11.9. The number of ether oxygens (including phenoxy) is 1. The molecule has 0 aliphatic carbocycles. The molecule has 0 saturated heterocycles. The Bertz CT molecular complexity index is 247. The van der Waals surface area contributed by atoms with Gasteiger partial charge in [0, 0.05) is 19.6 Å². The van der Waals surface area contributed by atoms with Crippen LogP contribution in [0.3, 0.4) is 0 Å². The van der Waals surface area contributed by atoms with E-state index in [0.717, 1.165) is 64.3 Å². The average molecular weight is 317 g/mol. The molecule has 5 heteroatoms. The van der Waals surface area contributed by atoms with Gasteiger partial charge in [0.15, 0.2) is 0 Å². The van der Waals surface area contributed by atoms with Gasteiger partial charge in [-0.25, -0.2) is 0 Å². The van der Waals surface area contributed by atoms with Gasteiger partial charge in [-0.05, 0) is 65.6 Å². The van der Waals surface area contributed by atoms with Gasteiger partial charge >= 0.3 is 5.97 Å². The maximum Gasteiger partial charge on any atom is 0.306 e. The SMILES string of the molecule is CN(C)CCCC(=O)OC(CCCCCO)CCCCCO. The molecule has 0 fully saturated rings. The second kappa shape index (κ2) is 15.3. The molecule has 2 N–H and O–H groups in total. The van der Waals surface area contributed by atoms with Crippen LogP contribution in [0.4, 0.5) is 0 Å². The average Bonchev–Trinajstić information content (AvgIpc) is 2.47. The molecule has 0 unspecified atom stereocenters. The molecule has 0 bridgehead atoms. The predicted molar refractivity (Wildman–Crippen MR) is 88.8 cm³/mol. The Labute approximate surface area is 135 Å². The molecule has 0 atom stereocenters. The molecule has 0 aliphatic rings. The summed E-state index contributed by atoms with van der Waals surface area (Å²) in [4.78, 5) is 14.0. The van der Waals surface area contributed by atoms with E-state index in [0.29, 0.717) is 6.42 Å². The lowest BCUT2D eigenvalue weighted by molar-refractivity contribution is -0.150. The topological polar surface area (TPSA) is 70.0 Å². The Hall–Kier alpha value is -0.650. The molecule has 0 radical (unpaired) electrons. The van der Waals surface area contributed by atoms with Crippen molar-refractivity contribution in [1.29, 1.82) is 0 Å². The number of carbonyl (C=O) groups excluding carboxylic acids is 1. The summed E-state index contributed by atoms with van der Waals surface area (Å²) in [6.45, 7) is 1.35. The summed E-state index contributed by atoms with van der Waals surface area (Å²) in [7, 11) is 3.99. The van der Waals surface area contributed by atoms with Gasteiger partial charge in [0.05, 0.1) is 0 Å². The van der Waals surface area contributed by atoms with Crippen LogP contribution in [0.25, 0.3) is 0 Å². The molecule has 0 aromatic rings. The summed E-state index contributed by atoms with van der Waals surface area (Å²) in [5, 5.41) is 17.6. The van der Waals surface area contributed by atoms with E-state index in [4.69, 9.17) is 14.9 Å². The number of nitrogens with zero attached hydrogens (tertiary/aromatic N) is 1. The molecule has 0 aromatic heterocycles. The fourth-order valence-corrected chi connectivity index (χ4v) is 2.37. The number of rotatable bonds is 15. The van der Waals surface area contributed by atoms with Crippen LogP contribution in [0, 0.1) is 0 Å². The van der Waals surface area contributed by atoms with Crippen LogP contribution in [0.15, 0.2) is 0 Å². The van der Waals surface area contributed by atoms with Crippen molar-refractivity contribution in [1.82, 2.24) is 4.90 Å². The lowest BCUT2D eigenvalue weighted by atomic mass is 10.0. The Morgan fingerprint density at radius 3 is 1.91 bits per heavy atom. The van der Waals surface area contributed by atoms with Gasteiger partial charge in [0.1, 0.15) is 6.10 Å². The maximum atomic E-state index is 11.9. The monoisotopic (exact) mass is 317 g/mol. The van der Waals surface area contributed by atoms with Gasteiger partial charge in [-0.1, -0.05) is 12.8 Å². The highest BCUT2D eigenvalue weighted by Crippen LogP contribution is 2.15. The van der Waals surface area contributed by atoms with E-state index in [9.17, 15) is 4.79 Å². The number of carbonyl (C=O) groups is 1. The third kappa shape index (κ3) is 14.3. The lowest BCUT2D eigenvalue weighted by Gasteiger charge is -2.18. The Balaban J connectivity index is 3.99. The first-order chi connectivity index (χ1) is 10.6. The van der Waals surface area contributed by atoms with Gasteiger partial charge in [-0.3, -0.25) is 4.79 Å². The highest BCUT2D eigenvalue weighted by atomic mass is 16.5. The van der Waals surface area contributed by atoms with Crippen LogP contribution < -0.4 is 0 Å². The summed E-state index contributed by atoms with van der Waals surface area (Å²) < 4.78 is 5.61. The van der Waals surface area contributed by atoms with Crippen molar-refractivity contribution in [2.45, 2.75) is 70.3 Å². The minimum Gasteiger partial charge on any atom is -0.462 e. The Kier molecular flexibility index (Phi) is 14.8. The first-order valence-electron chi connectivity index (χ1n) is 8.66. The van der Waals surface area contributed by atoms with E-state index < -0.39 is 0 Å². The number of esters is 1. The zero-order valence-corrected chi connectivity index (χ0v) is 14.4. The molecular formula is C17H35NO4. The van der Waals surface area contributed by atoms with Crippen molar-refractivity contribution in [3.8, 4) is 0 Å². The number of aliphatic hydroxyl groups is 2. The Morgan fingerprint density at radius 2 is 1.45 bits per heavy atom. The van der Waals surface area contributed by atoms with Gasteiger partial charge in [-0.2, -0.15) is 0 Å². The van der Waals surface area contributed by atoms with E-state index in [1.165, 1.54) is 0 Å². The van der Waals surface area contributed by atoms with Crippen LogP contribution in [0.5, 0.6) is 0 Å². The molecular weight excluding hydrogens is 282 g/mol. The van der Waals surface area contributed by atoms with E-state index in [-0.39, 0.29) is 25.3 Å². The predicted octanol–water partition coefficient (Wildman–Crippen LogP) is 2.35. The van der Waals surface area contributed by atoms with Crippen LogP contribution in [0.2, 0.25) is 0 Å². The van der Waals surface area contributed by atoms with E-state index in [2.05, 4.69) is 4.90 Å². The number of hydrogen-bond acceptors (Lipinski definition) is 5. The van der Waals surface area contributed by atoms with Crippen LogP contribution in [0.1, 0.15) is 64.2 Å². The fraction of sp³-hybridized carbons (Fsp3) is 0.941. The van der Waals surface area contributed by atoms with Crippen molar-refractivity contribution in [2.75, 3.05) is 33.9 Å². The molecule has 0 heterocycles. The van der Waals surface area contributed by atoms with Gasteiger partial charge < -0.3 is 19.8 Å².